The number of carbonyl (C=O) groups is 1. The fourth-order valence-electron chi connectivity index (χ4n) is 1.99. The van der Waals surface area contributed by atoms with E-state index in [4.69, 9.17) is 0 Å². The molecule has 1 N–H and O–H groups in total. The van der Waals surface area contributed by atoms with Crippen molar-refractivity contribution in [3.63, 3.8) is 0 Å². The predicted octanol–water partition coefficient (Wildman–Crippen LogP) is 4.89. The fraction of sp³-hybridized carbons (Fsp3) is 0.235. The van der Waals surface area contributed by atoms with Gasteiger partial charge in [0.2, 0.25) is 0 Å². The second-order valence-corrected chi connectivity index (χ2v) is 6.06. The van der Waals surface area contributed by atoms with Crippen molar-refractivity contribution < 1.29 is 4.79 Å². The summed E-state index contributed by atoms with van der Waals surface area (Å²) in [7, 11) is 0. The summed E-state index contributed by atoms with van der Waals surface area (Å²) in [5, 5.41) is 2.93. The van der Waals surface area contributed by atoms with Crippen LogP contribution in [-0.4, -0.2) is 17.0 Å². The van der Waals surface area contributed by atoms with Gasteiger partial charge < -0.3 is 10.2 Å². The molecule has 0 atom stereocenters. The molecule has 0 aliphatic carbocycles. The van der Waals surface area contributed by atoms with Gasteiger partial charge in [-0.3, -0.25) is 0 Å². The van der Waals surface area contributed by atoms with Crippen LogP contribution in [0, 0.1) is 0 Å². The Balaban J connectivity index is 2.07. The van der Waals surface area contributed by atoms with E-state index < -0.39 is 0 Å². The van der Waals surface area contributed by atoms with Crippen molar-refractivity contribution in [1.29, 1.82) is 0 Å². The van der Waals surface area contributed by atoms with Gasteiger partial charge in [-0.2, -0.15) is 0 Å². The van der Waals surface area contributed by atoms with Gasteiger partial charge in [0.15, 0.2) is 0 Å². The van der Waals surface area contributed by atoms with Gasteiger partial charge in [0, 0.05) is 22.7 Å². The molecule has 0 unspecified atom stereocenters. The molecule has 0 aliphatic rings. The predicted molar refractivity (Wildman–Crippen MR) is 90.3 cm³/mol. The van der Waals surface area contributed by atoms with Crippen LogP contribution in [0.25, 0.3) is 0 Å². The Labute approximate surface area is 134 Å². The van der Waals surface area contributed by atoms with E-state index in [0.29, 0.717) is 6.54 Å². The number of nitrogens with zero attached hydrogens (tertiary/aromatic N) is 1. The molecular formula is C17H19BrN2O. The molecule has 110 valence electrons. The molecule has 2 aromatic carbocycles. The molecule has 0 saturated heterocycles. The van der Waals surface area contributed by atoms with Gasteiger partial charge in [-0.1, -0.05) is 46.3 Å². The number of nitrogens with one attached hydrogen (secondary N) is 1. The molecule has 3 nitrogen and oxygen atoms in total. The van der Waals surface area contributed by atoms with Crippen molar-refractivity contribution >= 4 is 27.6 Å². The first-order valence-corrected chi connectivity index (χ1v) is 7.72. The number of benzene rings is 2. The number of rotatable bonds is 4. The number of anilines is 1. The van der Waals surface area contributed by atoms with Crippen molar-refractivity contribution in [3.05, 3.63) is 64.6 Å². The van der Waals surface area contributed by atoms with Crippen molar-refractivity contribution in [3.8, 4) is 0 Å². The van der Waals surface area contributed by atoms with Crippen molar-refractivity contribution in [1.82, 2.24) is 4.90 Å². The molecule has 2 aromatic rings. The first-order valence-electron chi connectivity index (χ1n) is 6.93. The molecule has 0 fully saturated rings. The number of para-hydroxylation sites is 1. The van der Waals surface area contributed by atoms with E-state index in [1.807, 2.05) is 73.3 Å². The number of hydrogen-bond acceptors (Lipinski definition) is 1. The highest BCUT2D eigenvalue weighted by atomic mass is 79.9. The van der Waals surface area contributed by atoms with Gasteiger partial charge in [-0.25, -0.2) is 4.79 Å². The van der Waals surface area contributed by atoms with E-state index in [2.05, 4.69) is 21.2 Å². The Kier molecular flexibility index (Phi) is 5.39. The summed E-state index contributed by atoms with van der Waals surface area (Å²) in [6, 6.07) is 17.6. The molecule has 0 radical (unpaired) electrons. The largest absolute Gasteiger partial charge is 0.322 e. The molecule has 21 heavy (non-hydrogen) atoms. The van der Waals surface area contributed by atoms with Crippen LogP contribution >= 0.6 is 15.9 Å². The van der Waals surface area contributed by atoms with Crippen LogP contribution < -0.4 is 5.32 Å². The third-order valence-corrected chi connectivity index (χ3v) is 3.70. The summed E-state index contributed by atoms with van der Waals surface area (Å²) in [5.41, 5.74) is 1.92. The van der Waals surface area contributed by atoms with Crippen LogP contribution in [0.3, 0.4) is 0 Å². The number of hydrogen-bond donors (Lipinski definition) is 1. The summed E-state index contributed by atoms with van der Waals surface area (Å²) in [4.78, 5) is 14.2. The van der Waals surface area contributed by atoms with Crippen LogP contribution in [0.1, 0.15) is 19.4 Å². The molecule has 2 amide bonds. The highest BCUT2D eigenvalue weighted by molar-refractivity contribution is 9.10. The average Bonchev–Trinajstić information content (AvgIpc) is 2.47. The van der Waals surface area contributed by atoms with E-state index in [0.717, 1.165) is 15.7 Å². The van der Waals surface area contributed by atoms with Gasteiger partial charge >= 0.3 is 6.03 Å². The van der Waals surface area contributed by atoms with Crippen LogP contribution in [0.5, 0.6) is 0 Å². The summed E-state index contributed by atoms with van der Waals surface area (Å²) in [6.07, 6.45) is 0. The van der Waals surface area contributed by atoms with Crippen LogP contribution in [0.2, 0.25) is 0 Å². The van der Waals surface area contributed by atoms with E-state index in [1.165, 1.54) is 0 Å². The maximum Gasteiger partial charge on any atom is 0.322 e. The average molecular weight is 347 g/mol. The van der Waals surface area contributed by atoms with Crippen LogP contribution in [0.15, 0.2) is 59.1 Å². The summed E-state index contributed by atoms with van der Waals surface area (Å²) < 4.78 is 1.04. The quantitative estimate of drug-likeness (QED) is 0.839. The molecule has 4 heteroatoms. The summed E-state index contributed by atoms with van der Waals surface area (Å²) >= 11 is 3.42. The third kappa shape index (κ3) is 4.60. The second-order valence-electron chi connectivity index (χ2n) is 5.14. The number of urea groups is 1. The molecular weight excluding hydrogens is 328 g/mol. The lowest BCUT2D eigenvalue weighted by Gasteiger charge is -2.27. The number of halogens is 1. The molecule has 2 rings (SSSR count). The van der Waals surface area contributed by atoms with E-state index >= 15 is 0 Å². The van der Waals surface area contributed by atoms with Crippen LogP contribution in [0.4, 0.5) is 10.5 Å². The normalized spacial score (nSPS) is 10.5. The molecule has 0 bridgehead atoms. The zero-order chi connectivity index (χ0) is 15.2. The maximum atomic E-state index is 12.4. The van der Waals surface area contributed by atoms with Gasteiger partial charge in [-0.15, -0.1) is 0 Å². The summed E-state index contributed by atoms with van der Waals surface area (Å²) in [6.45, 7) is 4.62. The van der Waals surface area contributed by atoms with Gasteiger partial charge in [-0.05, 0) is 43.7 Å². The minimum absolute atomic E-state index is 0.0841. The standard InChI is InChI=1S/C17H19BrN2O/c1-13(2)20(12-14-8-10-15(18)11-9-14)17(21)19-16-6-4-3-5-7-16/h3-11,13H,12H2,1-2H3,(H,19,21). The number of amides is 2. The smallest absolute Gasteiger partial charge is 0.318 e. The SMILES string of the molecule is CC(C)N(Cc1ccc(Br)cc1)C(=O)Nc1ccccc1. The minimum atomic E-state index is -0.0841. The minimum Gasteiger partial charge on any atom is -0.318 e. The first kappa shape index (κ1) is 15.6. The Morgan fingerprint density at radius 3 is 2.29 bits per heavy atom. The van der Waals surface area contributed by atoms with E-state index in [1.54, 1.807) is 0 Å². The monoisotopic (exact) mass is 346 g/mol. The molecule has 0 saturated carbocycles. The fourth-order valence-corrected chi connectivity index (χ4v) is 2.26. The number of carbonyl (C=O) groups excluding carboxylic acids is 1. The molecule has 0 heterocycles. The third-order valence-electron chi connectivity index (χ3n) is 3.18. The molecule has 0 aliphatic heterocycles. The topological polar surface area (TPSA) is 32.3 Å². The van der Waals surface area contributed by atoms with E-state index in [-0.39, 0.29) is 12.1 Å². The van der Waals surface area contributed by atoms with Gasteiger partial charge in [0.25, 0.3) is 0 Å². The lowest BCUT2D eigenvalue weighted by Crippen LogP contribution is -2.39. The molecule has 0 spiro atoms. The van der Waals surface area contributed by atoms with Crippen molar-refractivity contribution in [2.24, 2.45) is 0 Å². The van der Waals surface area contributed by atoms with Crippen LogP contribution in [-0.2, 0) is 6.54 Å². The molecule has 0 aromatic heterocycles. The highest BCUT2D eigenvalue weighted by Crippen LogP contribution is 2.15. The summed E-state index contributed by atoms with van der Waals surface area (Å²) in [5.74, 6) is 0. The van der Waals surface area contributed by atoms with Crippen molar-refractivity contribution in [2.45, 2.75) is 26.4 Å². The Morgan fingerprint density at radius 2 is 1.71 bits per heavy atom. The van der Waals surface area contributed by atoms with Gasteiger partial charge in [0.05, 0.1) is 0 Å². The van der Waals surface area contributed by atoms with Gasteiger partial charge in [0.1, 0.15) is 0 Å². The zero-order valence-electron chi connectivity index (χ0n) is 12.2. The highest BCUT2D eigenvalue weighted by Gasteiger charge is 2.17. The Hall–Kier alpha value is -1.81. The zero-order valence-corrected chi connectivity index (χ0v) is 13.8. The Morgan fingerprint density at radius 1 is 1.10 bits per heavy atom. The van der Waals surface area contributed by atoms with Crippen molar-refractivity contribution in [2.75, 3.05) is 5.32 Å². The lowest BCUT2D eigenvalue weighted by atomic mass is 10.2. The first-order chi connectivity index (χ1) is 10.1. The van der Waals surface area contributed by atoms with E-state index in [9.17, 15) is 4.79 Å². The Bertz CT molecular complexity index is 581. The lowest BCUT2D eigenvalue weighted by molar-refractivity contribution is 0.193. The maximum absolute atomic E-state index is 12.4. The second kappa shape index (κ2) is 7.27.